The number of hydrogen-bond donors (Lipinski definition) is 3. The third-order valence-electron chi connectivity index (χ3n) is 6.58. The van der Waals surface area contributed by atoms with Crippen molar-refractivity contribution in [3.8, 4) is 0 Å². The zero-order valence-electron chi connectivity index (χ0n) is 16.6. The Kier molecular flexibility index (Phi) is 5.05. The standard InChI is InChI=1S/C23H31N5/c24-21-5-1-3-16-7-8-18(27-23(16)21)13-19-14-20-17(15-26-19)4-2-6-22(20)28-11-9-25-10-12-28/h2,4,6-8,19,21,25-26H,1,3,5,9-15,24H2/t19-,21?/m0/s1. The molecule has 2 aliphatic heterocycles. The van der Waals surface area contributed by atoms with Crippen LogP contribution in [0.15, 0.2) is 30.3 Å². The summed E-state index contributed by atoms with van der Waals surface area (Å²) in [6.45, 7) is 5.29. The molecular weight excluding hydrogens is 346 g/mol. The molecule has 0 amide bonds. The van der Waals surface area contributed by atoms with E-state index in [1.807, 2.05) is 0 Å². The van der Waals surface area contributed by atoms with Crippen molar-refractivity contribution in [1.29, 1.82) is 0 Å². The molecular formula is C23H31N5. The molecule has 1 saturated heterocycles. The number of nitrogens with zero attached hydrogens (tertiary/aromatic N) is 2. The van der Waals surface area contributed by atoms with Crippen molar-refractivity contribution in [2.24, 2.45) is 5.73 Å². The molecule has 2 aromatic rings. The van der Waals surface area contributed by atoms with Gasteiger partial charge in [0.25, 0.3) is 0 Å². The summed E-state index contributed by atoms with van der Waals surface area (Å²) in [5.74, 6) is 0. The van der Waals surface area contributed by atoms with Crippen molar-refractivity contribution in [2.45, 2.75) is 50.7 Å². The van der Waals surface area contributed by atoms with E-state index in [0.29, 0.717) is 6.04 Å². The first-order valence-electron chi connectivity index (χ1n) is 10.8. The number of benzene rings is 1. The number of piperazine rings is 1. The average molecular weight is 378 g/mol. The Morgan fingerprint density at radius 2 is 2.00 bits per heavy atom. The molecule has 0 bridgehead atoms. The molecule has 1 fully saturated rings. The number of aromatic nitrogens is 1. The molecule has 2 atom stereocenters. The van der Waals surface area contributed by atoms with Gasteiger partial charge in [-0.05, 0) is 54.5 Å². The Morgan fingerprint density at radius 3 is 2.89 bits per heavy atom. The summed E-state index contributed by atoms with van der Waals surface area (Å²) in [6.07, 6.45) is 5.41. The molecule has 3 heterocycles. The van der Waals surface area contributed by atoms with Gasteiger partial charge in [-0.25, -0.2) is 0 Å². The van der Waals surface area contributed by atoms with Crippen molar-refractivity contribution in [1.82, 2.24) is 15.6 Å². The van der Waals surface area contributed by atoms with Crippen molar-refractivity contribution >= 4 is 5.69 Å². The van der Waals surface area contributed by atoms with Gasteiger partial charge in [0, 0.05) is 62.6 Å². The van der Waals surface area contributed by atoms with Gasteiger partial charge in [-0.1, -0.05) is 18.2 Å². The summed E-state index contributed by atoms with van der Waals surface area (Å²) in [6, 6.07) is 11.8. The molecule has 0 spiro atoms. The number of anilines is 1. The highest BCUT2D eigenvalue weighted by molar-refractivity contribution is 5.58. The fourth-order valence-electron chi connectivity index (χ4n) is 5.04. The van der Waals surface area contributed by atoms with Crippen LogP contribution >= 0.6 is 0 Å². The van der Waals surface area contributed by atoms with Gasteiger partial charge in [0.15, 0.2) is 0 Å². The van der Waals surface area contributed by atoms with Crippen molar-refractivity contribution in [3.63, 3.8) is 0 Å². The zero-order valence-corrected chi connectivity index (χ0v) is 16.6. The van der Waals surface area contributed by atoms with E-state index in [0.717, 1.165) is 64.1 Å². The maximum atomic E-state index is 6.33. The summed E-state index contributed by atoms with van der Waals surface area (Å²) < 4.78 is 0. The van der Waals surface area contributed by atoms with Gasteiger partial charge in [0.1, 0.15) is 0 Å². The molecule has 28 heavy (non-hydrogen) atoms. The largest absolute Gasteiger partial charge is 0.369 e. The minimum Gasteiger partial charge on any atom is -0.369 e. The Labute approximate surface area is 167 Å². The summed E-state index contributed by atoms with van der Waals surface area (Å²) in [5, 5.41) is 7.20. The van der Waals surface area contributed by atoms with E-state index < -0.39 is 0 Å². The number of pyridine rings is 1. The lowest BCUT2D eigenvalue weighted by atomic mass is 9.89. The molecule has 1 aromatic heterocycles. The first-order chi connectivity index (χ1) is 13.8. The lowest BCUT2D eigenvalue weighted by molar-refractivity contribution is 0.469. The van der Waals surface area contributed by atoms with E-state index in [1.54, 1.807) is 0 Å². The smallest absolute Gasteiger partial charge is 0.0606 e. The third-order valence-corrected chi connectivity index (χ3v) is 6.58. The molecule has 1 aromatic carbocycles. The van der Waals surface area contributed by atoms with Gasteiger partial charge >= 0.3 is 0 Å². The normalized spacial score (nSPS) is 24.5. The predicted molar refractivity (Wildman–Crippen MR) is 114 cm³/mol. The fraction of sp³-hybridized carbons (Fsp3) is 0.522. The first-order valence-corrected chi connectivity index (χ1v) is 10.8. The maximum Gasteiger partial charge on any atom is 0.0606 e. The van der Waals surface area contributed by atoms with Gasteiger partial charge in [0.05, 0.1) is 5.69 Å². The molecule has 148 valence electrons. The van der Waals surface area contributed by atoms with Crippen LogP contribution in [-0.4, -0.2) is 37.2 Å². The van der Waals surface area contributed by atoms with Gasteiger partial charge in [-0.3, -0.25) is 4.98 Å². The number of rotatable bonds is 3. The number of fused-ring (bicyclic) bond motifs is 2. The minimum absolute atomic E-state index is 0.114. The van der Waals surface area contributed by atoms with Crippen LogP contribution in [0.1, 0.15) is 47.0 Å². The zero-order chi connectivity index (χ0) is 18.9. The summed E-state index contributed by atoms with van der Waals surface area (Å²) >= 11 is 0. The van der Waals surface area contributed by atoms with E-state index in [9.17, 15) is 0 Å². The molecule has 3 aliphatic rings. The topological polar surface area (TPSA) is 66.2 Å². The van der Waals surface area contributed by atoms with Crippen molar-refractivity contribution < 1.29 is 0 Å². The van der Waals surface area contributed by atoms with Crippen LogP contribution < -0.4 is 21.3 Å². The van der Waals surface area contributed by atoms with Crippen LogP contribution in [-0.2, 0) is 25.8 Å². The van der Waals surface area contributed by atoms with E-state index in [1.165, 1.54) is 34.5 Å². The molecule has 0 radical (unpaired) electrons. The molecule has 0 saturated carbocycles. The highest BCUT2D eigenvalue weighted by Crippen LogP contribution is 2.30. The lowest BCUT2D eigenvalue weighted by Crippen LogP contribution is -2.45. The van der Waals surface area contributed by atoms with E-state index in [2.05, 4.69) is 45.9 Å². The van der Waals surface area contributed by atoms with Gasteiger partial charge in [-0.2, -0.15) is 0 Å². The monoisotopic (exact) mass is 377 g/mol. The van der Waals surface area contributed by atoms with E-state index in [4.69, 9.17) is 10.7 Å². The van der Waals surface area contributed by atoms with Crippen LogP contribution in [0.25, 0.3) is 0 Å². The van der Waals surface area contributed by atoms with Crippen LogP contribution in [0, 0.1) is 0 Å². The predicted octanol–water partition coefficient (Wildman–Crippen LogP) is 2.08. The Hall–Kier alpha value is -1.95. The summed E-state index contributed by atoms with van der Waals surface area (Å²) in [7, 11) is 0. The van der Waals surface area contributed by atoms with Gasteiger partial charge in [-0.15, -0.1) is 0 Å². The van der Waals surface area contributed by atoms with Crippen molar-refractivity contribution in [2.75, 3.05) is 31.1 Å². The van der Waals surface area contributed by atoms with Crippen molar-refractivity contribution in [3.05, 3.63) is 58.4 Å². The average Bonchev–Trinajstić information content (AvgIpc) is 2.74. The number of nitrogens with two attached hydrogens (primary N) is 1. The fourth-order valence-corrected chi connectivity index (χ4v) is 5.04. The first kappa shape index (κ1) is 18.1. The molecule has 1 aliphatic carbocycles. The quantitative estimate of drug-likeness (QED) is 0.764. The second kappa shape index (κ2) is 7.82. The highest BCUT2D eigenvalue weighted by atomic mass is 15.2. The Balaban J connectivity index is 1.35. The maximum absolute atomic E-state index is 6.33. The second-order valence-electron chi connectivity index (χ2n) is 8.48. The lowest BCUT2D eigenvalue weighted by Gasteiger charge is -2.35. The highest BCUT2D eigenvalue weighted by Gasteiger charge is 2.25. The molecule has 5 heteroatoms. The Morgan fingerprint density at radius 1 is 1.11 bits per heavy atom. The van der Waals surface area contributed by atoms with Crippen LogP contribution in [0.5, 0.6) is 0 Å². The third kappa shape index (κ3) is 3.54. The molecule has 5 rings (SSSR count). The van der Waals surface area contributed by atoms with E-state index >= 15 is 0 Å². The molecule has 4 N–H and O–H groups in total. The van der Waals surface area contributed by atoms with Crippen LogP contribution in [0.4, 0.5) is 5.69 Å². The van der Waals surface area contributed by atoms with Crippen LogP contribution in [0.2, 0.25) is 0 Å². The van der Waals surface area contributed by atoms with Crippen LogP contribution in [0.3, 0.4) is 0 Å². The van der Waals surface area contributed by atoms with E-state index in [-0.39, 0.29) is 6.04 Å². The Bertz CT molecular complexity index is 843. The van der Waals surface area contributed by atoms with Gasteiger partial charge < -0.3 is 21.3 Å². The summed E-state index contributed by atoms with van der Waals surface area (Å²) in [4.78, 5) is 7.52. The van der Waals surface area contributed by atoms with Gasteiger partial charge in [0.2, 0.25) is 0 Å². The SMILES string of the molecule is NC1CCCc2ccc(C[C@H]3Cc4c(cccc4N4CCNCC4)CN3)nc21. The number of aryl methyl sites for hydroxylation is 1. The number of nitrogens with one attached hydrogen (secondary N) is 2. The molecule has 1 unspecified atom stereocenters. The minimum atomic E-state index is 0.114. The number of hydrogen-bond acceptors (Lipinski definition) is 5. The summed E-state index contributed by atoms with van der Waals surface area (Å²) in [5.41, 5.74) is 14.4. The second-order valence-corrected chi connectivity index (χ2v) is 8.48. The molecule has 5 nitrogen and oxygen atoms in total.